The third-order valence-corrected chi connectivity index (χ3v) is 3.48. The maximum absolute atomic E-state index is 11.7. The number of carbonyl (C=O) groups excluding carboxylic acids is 2. The molecule has 0 bridgehead atoms. The quantitative estimate of drug-likeness (QED) is 0.676. The predicted octanol–water partition coefficient (Wildman–Crippen LogP) is 1.14. The van der Waals surface area contributed by atoms with Crippen LogP contribution in [0.1, 0.15) is 46.5 Å². The fraction of sp³-hybridized carbons (Fsp3) is 0.833. The number of carbonyl (C=O) groups is 2. The van der Waals surface area contributed by atoms with Crippen molar-refractivity contribution in [3.05, 3.63) is 0 Å². The minimum absolute atomic E-state index is 0.109. The molecule has 1 saturated carbocycles. The molecule has 1 fully saturated rings. The summed E-state index contributed by atoms with van der Waals surface area (Å²) in [4.78, 5) is 22.9. The Morgan fingerprint density at radius 3 is 2.35 bits per heavy atom. The van der Waals surface area contributed by atoms with E-state index >= 15 is 0 Å². The van der Waals surface area contributed by atoms with Crippen LogP contribution in [0, 0.1) is 0 Å². The lowest BCUT2D eigenvalue weighted by atomic mass is 9.74. The predicted molar refractivity (Wildman–Crippen MR) is 66.7 cm³/mol. The van der Waals surface area contributed by atoms with Gasteiger partial charge < -0.3 is 10.6 Å². The highest BCUT2D eigenvalue weighted by Crippen LogP contribution is 2.34. The summed E-state index contributed by atoms with van der Waals surface area (Å²) in [6.45, 7) is 6.25. The molecule has 0 saturated heterocycles. The molecule has 1 aliphatic carbocycles. The molecule has 1 unspecified atom stereocenters. The van der Waals surface area contributed by atoms with Crippen molar-refractivity contribution >= 4 is 11.9 Å². The van der Waals surface area contributed by atoms with Crippen LogP contribution < -0.4 is 16.0 Å². The molecule has 17 heavy (non-hydrogen) atoms. The number of hydrogen-bond acceptors (Lipinski definition) is 3. The van der Waals surface area contributed by atoms with Crippen LogP contribution in [0.5, 0.6) is 0 Å². The summed E-state index contributed by atoms with van der Waals surface area (Å²) in [5.74, 6) is -0.268. The molecular formula is C12H23N3O2. The second-order valence-corrected chi connectivity index (χ2v) is 4.70. The first kappa shape index (κ1) is 14.0. The van der Waals surface area contributed by atoms with Gasteiger partial charge in [-0.1, -0.05) is 6.92 Å². The third-order valence-electron chi connectivity index (χ3n) is 3.48. The number of nitrogens with one attached hydrogen (secondary N) is 3. The van der Waals surface area contributed by atoms with Gasteiger partial charge in [0.05, 0.1) is 6.04 Å². The molecule has 0 radical (unpaired) electrons. The highest BCUT2D eigenvalue weighted by Gasteiger charge is 2.37. The van der Waals surface area contributed by atoms with Gasteiger partial charge in [0.1, 0.15) is 0 Å². The van der Waals surface area contributed by atoms with Crippen LogP contribution in [0.4, 0.5) is 4.79 Å². The van der Waals surface area contributed by atoms with Gasteiger partial charge in [0.15, 0.2) is 0 Å². The van der Waals surface area contributed by atoms with Crippen LogP contribution in [0.15, 0.2) is 0 Å². The molecule has 1 atom stereocenters. The fourth-order valence-electron chi connectivity index (χ4n) is 2.15. The van der Waals surface area contributed by atoms with Crippen molar-refractivity contribution in [2.45, 2.75) is 58.0 Å². The molecule has 0 spiro atoms. The molecule has 0 aromatic carbocycles. The smallest absolute Gasteiger partial charge is 0.321 e. The van der Waals surface area contributed by atoms with Crippen LogP contribution >= 0.6 is 0 Å². The minimum atomic E-state index is -0.426. The second-order valence-electron chi connectivity index (χ2n) is 4.70. The van der Waals surface area contributed by atoms with Gasteiger partial charge in [-0.3, -0.25) is 10.1 Å². The molecule has 5 heteroatoms. The van der Waals surface area contributed by atoms with Crippen molar-refractivity contribution in [3.63, 3.8) is 0 Å². The molecule has 3 amide bonds. The zero-order chi connectivity index (χ0) is 12.9. The van der Waals surface area contributed by atoms with E-state index in [1.807, 2.05) is 6.92 Å². The normalized spacial score (nSPS) is 19.0. The lowest BCUT2D eigenvalue weighted by molar-refractivity contribution is -0.122. The maximum Gasteiger partial charge on any atom is 0.321 e. The van der Waals surface area contributed by atoms with Gasteiger partial charge in [0.25, 0.3) is 0 Å². The van der Waals surface area contributed by atoms with Crippen LogP contribution in [-0.4, -0.2) is 30.1 Å². The van der Waals surface area contributed by atoms with E-state index in [0.29, 0.717) is 6.54 Å². The lowest BCUT2D eigenvalue weighted by Gasteiger charge is -2.43. The minimum Gasteiger partial charge on any atom is -0.338 e. The summed E-state index contributed by atoms with van der Waals surface area (Å²) in [6.07, 6.45) is 4.46. The van der Waals surface area contributed by atoms with E-state index in [4.69, 9.17) is 0 Å². The summed E-state index contributed by atoms with van der Waals surface area (Å²) in [5.41, 5.74) is 0.109. The number of urea groups is 1. The van der Waals surface area contributed by atoms with Crippen molar-refractivity contribution in [2.75, 3.05) is 6.54 Å². The fourth-order valence-corrected chi connectivity index (χ4v) is 2.15. The summed E-state index contributed by atoms with van der Waals surface area (Å²) in [5, 5.41) is 8.20. The Morgan fingerprint density at radius 1 is 1.29 bits per heavy atom. The molecule has 0 heterocycles. The van der Waals surface area contributed by atoms with E-state index in [-0.39, 0.29) is 17.5 Å². The monoisotopic (exact) mass is 241 g/mol. The van der Waals surface area contributed by atoms with Crippen molar-refractivity contribution in [1.82, 2.24) is 16.0 Å². The Balaban J connectivity index is 2.38. The van der Waals surface area contributed by atoms with Crippen molar-refractivity contribution < 1.29 is 9.59 Å². The van der Waals surface area contributed by atoms with Gasteiger partial charge in [-0.25, -0.2) is 4.79 Å². The summed E-state index contributed by atoms with van der Waals surface area (Å²) in [7, 11) is 0. The molecule has 98 valence electrons. The van der Waals surface area contributed by atoms with Crippen molar-refractivity contribution in [1.29, 1.82) is 0 Å². The third kappa shape index (κ3) is 3.70. The van der Waals surface area contributed by atoms with E-state index in [0.717, 1.165) is 19.3 Å². The van der Waals surface area contributed by atoms with Crippen molar-refractivity contribution in [2.24, 2.45) is 0 Å². The Labute approximate surface area is 103 Å². The number of rotatable bonds is 5. The molecule has 0 aromatic heterocycles. The van der Waals surface area contributed by atoms with Gasteiger partial charge in [-0.2, -0.15) is 0 Å². The van der Waals surface area contributed by atoms with Gasteiger partial charge in [0.2, 0.25) is 5.91 Å². The second kappa shape index (κ2) is 6.00. The van der Waals surface area contributed by atoms with Crippen LogP contribution in [-0.2, 0) is 4.79 Å². The number of hydrogen-bond donors (Lipinski definition) is 3. The molecular weight excluding hydrogens is 218 g/mol. The van der Waals surface area contributed by atoms with E-state index in [2.05, 4.69) is 22.9 Å². The average Bonchev–Trinajstić information content (AvgIpc) is 2.23. The lowest BCUT2D eigenvalue weighted by Crippen LogP contribution is -2.58. The van der Waals surface area contributed by atoms with Crippen LogP contribution in [0.25, 0.3) is 0 Å². The Hall–Kier alpha value is -1.10. The topological polar surface area (TPSA) is 70.2 Å². The highest BCUT2D eigenvalue weighted by molar-refractivity contribution is 5.96. The standard InChI is InChI=1S/C12H23N3O2/c1-4-12(7-6-8-12)15-9(3)10(16)14-11(17)13-5-2/h9,15H,4-8H2,1-3H3,(H2,13,14,16,17). The molecule has 1 aliphatic rings. The van der Waals surface area contributed by atoms with Gasteiger partial charge in [-0.15, -0.1) is 0 Å². The molecule has 0 aliphatic heterocycles. The number of imide groups is 1. The number of amides is 3. The van der Waals surface area contributed by atoms with Crippen molar-refractivity contribution in [3.8, 4) is 0 Å². The van der Waals surface area contributed by atoms with Gasteiger partial charge in [0, 0.05) is 12.1 Å². The molecule has 3 N–H and O–H groups in total. The van der Waals surface area contributed by atoms with E-state index < -0.39 is 6.03 Å². The Kier molecular flexibility index (Phi) is 4.93. The molecule has 0 aromatic rings. The first-order chi connectivity index (χ1) is 8.03. The van der Waals surface area contributed by atoms with Crippen LogP contribution in [0.3, 0.4) is 0 Å². The molecule has 1 rings (SSSR count). The van der Waals surface area contributed by atoms with Gasteiger partial charge >= 0.3 is 6.03 Å². The average molecular weight is 241 g/mol. The SMILES string of the molecule is CCNC(=O)NC(=O)C(C)NC1(CC)CCC1. The zero-order valence-corrected chi connectivity index (χ0v) is 10.9. The first-order valence-electron chi connectivity index (χ1n) is 6.39. The Morgan fingerprint density at radius 2 is 1.94 bits per heavy atom. The van der Waals surface area contributed by atoms with Crippen LogP contribution in [0.2, 0.25) is 0 Å². The highest BCUT2D eigenvalue weighted by atomic mass is 16.2. The van der Waals surface area contributed by atoms with E-state index in [9.17, 15) is 9.59 Å². The maximum atomic E-state index is 11.7. The van der Waals surface area contributed by atoms with E-state index in [1.165, 1.54) is 6.42 Å². The first-order valence-corrected chi connectivity index (χ1v) is 6.39. The van der Waals surface area contributed by atoms with E-state index in [1.54, 1.807) is 6.92 Å². The summed E-state index contributed by atoms with van der Waals surface area (Å²) in [6, 6.07) is -0.761. The largest absolute Gasteiger partial charge is 0.338 e. The Bertz CT molecular complexity index is 282. The van der Waals surface area contributed by atoms with Gasteiger partial charge in [-0.05, 0) is 39.5 Å². The summed E-state index contributed by atoms with van der Waals surface area (Å²) >= 11 is 0. The summed E-state index contributed by atoms with van der Waals surface area (Å²) < 4.78 is 0. The molecule has 5 nitrogen and oxygen atoms in total. The zero-order valence-electron chi connectivity index (χ0n) is 10.9.